The van der Waals surface area contributed by atoms with Gasteiger partial charge in [-0.2, -0.15) is 4.31 Å². The molecule has 5 nitrogen and oxygen atoms in total. The molecule has 1 heterocycles. The van der Waals surface area contributed by atoms with Gasteiger partial charge in [-0.3, -0.25) is 4.79 Å². The number of amides is 1. The maximum atomic E-state index is 13.6. The summed E-state index contributed by atoms with van der Waals surface area (Å²) in [6.45, 7) is 0.215. The molecule has 116 valence electrons. The lowest BCUT2D eigenvalue weighted by Gasteiger charge is -2.30. The first kappa shape index (κ1) is 15.8. The summed E-state index contributed by atoms with van der Waals surface area (Å²) in [7, 11) is -2.56. The molecule has 1 aliphatic rings. The number of benzene rings is 1. The minimum Gasteiger partial charge on any atom is -0.359 e. The van der Waals surface area contributed by atoms with Gasteiger partial charge < -0.3 is 5.32 Å². The molecule has 2 rings (SSSR count). The van der Waals surface area contributed by atoms with Crippen LogP contribution in [0.5, 0.6) is 0 Å². The van der Waals surface area contributed by atoms with Gasteiger partial charge in [-0.15, -0.1) is 0 Å². The Morgan fingerprint density at radius 3 is 2.48 bits per heavy atom. The molecule has 1 aromatic carbocycles. The lowest BCUT2D eigenvalue weighted by atomic mass is 9.97. The van der Waals surface area contributed by atoms with Crippen LogP contribution in [0.3, 0.4) is 0 Å². The summed E-state index contributed by atoms with van der Waals surface area (Å²) in [5.74, 6) is -2.18. The van der Waals surface area contributed by atoms with E-state index >= 15 is 0 Å². The Balaban J connectivity index is 2.19. The smallest absolute Gasteiger partial charge is 0.246 e. The standard InChI is InChI=1S/C13H16F2N2O3S/c1-16-13(18)9-4-6-17(7-5-9)21(19,20)12-8-10(14)2-3-11(12)15/h2-3,8-9H,4-7H2,1H3,(H,16,18). The Hall–Kier alpha value is -1.54. The van der Waals surface area contributed by atoms with Crippen LogP contribution in [0.15, 0.2) is 23.1 Å². The zero-order valence-corrected chi connectivity index (χ0v) is 12.3. The number of halogens is 2. The molecule has 0 unspecified atom stereocenters. The summed E-state index contributed by atoms with van der Waals surface area (Å²) < 4.78 is 52.5. The normalized spacial score (nSPS) is 17.7. The molecule has 1 fully saturated rings. The molecule has 0 spiro atoms. The lowest BCUT2D eigenvalue weighted by molar-refractivity contribution is -0.125. The van der Waals surface area contributed by atoms with E-state index in [2.05, 4.69) is 5.32 Å². The van der Waals surface area contributed by atoms with Crippen molar-refractivity contribution < 1.29 is 22.0 Å². The fourth-order valence-corrected chi connectivity index (χ4v) is 3.92. The molecule has 0 saturated carbocycles. The van der Waals surface area contributed by atoms with Crippen LogP contribution in [0.2, 0.25) is 0 Å². The van der Waals surface area contributed by atoms with E-state index in [4.69, 9.17) is 0 Å². The fourth-order valence-electron chi connectivity index (χ4n) is 2.38. The Labute approximate surface area is 122 Å². The van der Waals surface area contributed by atoms with Gasteiger partial charge in [0.05, 0.1) is 0 Å². The van der Waals surface area contributed by atoms with E-state index in [-0.39, 0.29) is 24.9 Å². The van der Waals surface area contributed by atoms with E-state index in [1.807, 2.05) is 0 Å². The van der Waals surface area contributed by atoms with E-state index in [0.717, 1.165) is 16.4 Å². The third-order valence-corrected chi connectivity index (χ3v) is 5.50. The second-order valence-electron chi connectivity index (χ2n) is 4.87. The van der Waals surface area contributed by atoms with Crippen LogP contribution in [0.4, 0.5) is 8.78 Å². The first-order valence-electron chi connectivity index (χ1n) is 6.53. The predicted octanol–water partition coefficient (Wildman–Crippen LogP) is 1.11. The van der Waals surface area contributed by atoms with Crippen molar-refractivity contribution in [3.05, 3.63) is 29.8 Å². The number of rotatable bonds is 3. The third kappa shape index (κ3) is 3.21. The number of hydrogen-bond donors (Lipinski definition) is 1. The molecular formula is C13H16F2N2O3S. The van der Waals surface area contributed by atoms with Gasteiger partial charge in [-0.05, 0) is 31.0 Å². The molecule has 1 aliphatic heterocycles. The van der Waals surface area contributed by atoms with Gasteiger partial charge in [0.25, 0.3) is 0 Å². The molecule has 1 aromatic rings. The zero-order chi connectivity index (χ0) is 15.6. The molecule has 21 heavy (non-hydrogen) atoms. The van der Waals surface area contributed by atoms with Crippen molar-refractivity contribution in [2.45, 2.75) is 17.7 Å². The lowest BCUT2D eigenvalue weighted by Crippen LogP contribution is -2.42. The number of nitrogens with zero attached hydrogens (tertiary/aromatic N) is 1. The number of hydrogen-bond acceptors (Lipinski definition) is 3. The summed E-state index contributed by atoms with van der Waals surface area (Å²) in [6.07, 6.45) is 0.714. The minimum absolute atomic E-state index is 0.108. The highest BCUT2D eigenvalue weighted by Gasteiger charge is 2.33. The molecule has 0 bridgehead atoms. The highest BCUT2D eigenvalue weighted by atomic mass is 32.2. The molecule has 0 radical (unpaired) electrons. The molecule has 0 atom stereocenters. The summed E-state index contributed by atoms with van der Waals surface area (Å²) in [4.78, 5) is 10.8. The Bertz CT molecular complexity index is 641. The topological polar surface area (TPSA) is 66.5 Å². The van der Waals surface area contributed by atoms with E-state index in [0.29, 0.717) is 18.9 Å². The minimum atomic E-state index is -4.08. The summed E-state index contributed by atoms with van der Waals surface area (Å²) in [5.41, 5.74) is 0. The van der Waals surface area contributed by atoms with Crippen molar-refractivity contribution >= 4 is 15.9 Å². The van der Waals surface area contributed by atoms with Crippen molar-refractivity contribution in [2.24, 2.45) is 5.92 Å². The van der Waals surface area contributed by atoms with Crippen LogP contribution in [0.25, 0.3) is 0 Å². The molecular weight excluding hydrogens is 302 g/mol. The number of nitrogens with one attached hydrogen (secondary N) is 1. The predicted molar refractivity (Wildman–Crippen MR) is 71.9 cm³/mol. The summed E-state index contributed by atoms with van der Waals surface area (Å²) in [6, 6.07) is 2.33. The van der Waals surface area contributed by atoms with Gasteiger partial charge in [-0.1, -0.05) is 0 Å². The maximum Gasteiger partial charge on any atom is 0.246 e. The second kappa shape index (κ2) is 6.07. The largest absolute Gasteiger partial charge is 0.359 e. The molecule has 8 heteroatoms. The summed E-state index contributed by atoms with van der Waals surface area (Å²) >= 11 is 0. The van der Waals surface area contributed by atoms with E-state index in [9.17, 15) is 22.0 Å². The van der Waals surface area contributed by atoms with E-state index in [1.165, 1.54) is 7.05 Å². The van der Waals surface area contributed by atoms with E-state index in [1.54, 1.807) is 0 Å². The molecule has 0 aromatic heterocycles. The van der Waals surface area contributed by atoms with Crippen molar-refractivity contribution in [3.63, 3.8) is 0 Å². The average Bonchev–Trinajstić information content (AvgIpc) is 2.49. The van der Waals surface area contributed by atoms with Crippen LogP contribution in [-0.2, 0) is 14.8 Å². The number of carbonyl (C=O) groups excluding carboxylic acids is 1. The maximum absolute atomic E-state index is 13.6. The number of piperidine rings is 1. The molecule has 1 N–H and O–H groups in total. The Morgan fingerprint density at radius 1 is 1.29 bits per heavy atom. The third-order valence-electron chi connectivity index (χ3n) is 3.58. The van der Waals surface area contributed by atoms with Crippen LogP contribution in [0.1, 0.15) is 12.8 Å². The van der Waals surface area contributed by atoms with Crippen molar-refractivity contribution in [1.29, 1.82) is 0 Å². The molecule has 0 aliphatic carbocycles. The Kier molecular flexibility index (Phi) is 4.58. The summed E-state index contributed by atoms with van der Waals surface area (Å²) in [5, 5.41) is 2.52. The average molecular weight is 318 g/mol. The van der Waals surface area contributed by atoms with Crippen molar-refractivity contribution in [1.82, 2.24) is 9.62 Å². The van der Waals surface area contributed by atoms with Gasteiger partial charge >= 0.3 is 0 Å². The highest BCUT2D eigenvalue weighted by Crippen LogP contribution is 2.25. The van der Waals surface area contributed by atoms with Crippen LogP contribution in [-0.4, -0.2) is 38.8 Å². The van der Waals surface area contributed by atoms with E-state index < -0.39 is 26.6 Å². The van der Waals surface area contributed by atoms with Gasteiger partial charge in [0.2, 0.25) is 15.9 Å². The van der Waals surface area contributed by atoms with Gasteiger partial charge in [-0.25, -0.2) is 17.2 Å². The second-order valence-corrected chi connectivity index (χ2v) is 6.77. The SMILES string of the molecule is CNC(=O)C1CCN(S(=O)(=O)c2cc(F)ccc2F)CC1. The first-order chi connectivity index (χ1) is 9.86. The number of carbonyl (C=O) groups is 1. The fraction of sp³-hybridized carbons (Fsp3) is 0.462. The molecule has 1 saturated heterocycles. The van der Waals surface area contributed by atoms with Crippen LogP contribution >= 0.6 is 0 Å². The Morgan fingerprint density at radius 2 is 1.90 bits per heavy atom. The first-order valence-corrected chi connectivity index (χ1v) is 7.97. The highest BCUT2D eigenvalue weighted by molar-refractivity contribution is 7.89. The van der Waals surface area contributed by atoms with Gasteiger partial charge in [0, 0.05) is 26.1 Å². The van der Waals surface area contributed by atoms with Crippen molar-refractivity contribution in [3.8, 4) is 0 Å². The van der Waals surface area contributed by atoms with Crippen molar-refractivity contribution in [2.75, 3.05) is 20.1 Å². The van der Waals surface area contributed by atoms with Gasteiger partial charge in [0.15, 0.2) is 0 Å². The zero-order valence-electron chi connectivity index (χ0n) is 11.5. The van der Waals surface area contributed by atoms with Crippen LogP contribution < -0.4 is 5.32 Å². The monoisotopic (exact) mass is 318 g/mol. The quantitative estimate of drug-likeness (QED) is 0.908. The number of sulfonamides is 1. The van der Waals surface area contributed by atoms with Crippen LogP contribution in [0, 0.1) is 17.6 Å². The van der Waals surface area contributed by atoms with Gasteiger partial charge in [0.1, 0.15) is 16.5 Å². The molecule has 1 amide bonds.